The second-order valence-electron chi connectivity index (χ2n) is 6.38. The molecule has 2 unspecified atom stereocenters. The fourth-order valence-electron chi connectivity index (χ4n) is 3.11. The van der Waals surface area contributed by atoms with E-state index in [1.807, 2.05) is 24.3 Å². The van der Waals surface area contributed by atoms with E-state index in [0.29, 0.717) is 6.04 Å². The Morgan fingerprint density at radius 3 is 2.65 bits per heavy atom. The van der Waals surface area contributed by atoms with Crippen molar-refractivity contribution in [2.24, 2.45) is 0 Å². The highest BCUT2D eigenvalue weighted by atomic mass is 16.5. The summed E-state index contributed by atoms with van der Waals surface area (Å²) in [6.45, 7) is 5.44. The van der Waals surface area contributed by atoms with Crippen LogP contribution in [0.15, 0.2) is 24.3 Å². The third kappa shape index (κ3) is 4.69. The van der Waals surface area contributed by atoms with E-state index in [1.165, 1.54) is 0 Å². The van der Waals surface area contributed by atoms with E-state index in [1.54, 1.807) is 7.11 Å². The summed E-state index contributed by atoms with van der Waals surface area (Å²) < 4.78 is 5.10. The van der Waals surface area contributed by atoms with Gasteiger partial charge >= 0.3 is 0 Å². The fraction of sp³-hybridized carbons (Fsp3) is 0.611. The molecule has 1 fully saturated rings. The van der Waals surface area contributed by atoms with Gasteiger partial charge in [0.05, 0.1) is 19.3 Å². The summed E-state index contributed by atoms with van der Waals surface area (Å²) in [7, 11) is 1.61. The monoisotopic (exact) mass is 320 g/mol. The van der Waals surface area contributed by atoms with Gasteiger partial charge in [0, 0.05) is 12.6 Å². The highest BCUT2D eigenvalue weighted by molar-refractivity contribution is 5.81. The van der Waals surface area contributed by atoms with Crippen LogP contribution < -0.4 is 10.1 Å². The standard InChI is InChI=1S/C18H28N2O3/c1-13(2)20-11-5-4-6-16(20)18(22)19-12-17(21)14-7-9-15(23-3)10-8-14/h7-10,13,16-17,21H,4-6,11-12H2,1-3H3,(H,19,22). The lowest BCUT2D eigenvalue weighted by Crippen LogP contribution is -2.52. The zero-order valence-corrected chi connectivity index (χ0v) is 14.3. The fourth-order valence-corrected chi connectivity index (χ4v) is 3.11. The zero-order chi connectivity index (χ0) is 16.8. The summed E-state index contributed by atoms with van der Waals surface area (Å²) in [6.07, 6.45) is 2.42. The number of methoxy groups -OCH3 is 1. The molecule has 1 aliphatic rings. The first-order chi connectivity index (χ1) is 11.0. The van der Waals surface area contributed by atoms with E-state index in [0.717, 1.165) is 37.1 Å². The maximum Gasteiger partial charge on any atom is 0.237 e. The molecule has 5 heteroatoms. The minimum absolute atomic E-state index is 0.0194. The average Bonchev–Trinajstić information content (AvgIpc) is 2.59. The molecular formula is C18H28N2O3. The van der Waals surface area contributed by atoms with Gasteiger partial charge in [-0.15, -0.1) is 0 Å². The van der Waals surface area contributed by atoms with Crippen molar-refractivity contribution in [3.63, 3.8) is 0 Å². The van der Waals surface area contributed by atoms with Gasteiger partial charge in [-0.2, -0.15) is 0 Å². The Labute approximate surface area is 138 Å². The number of benzene rings is 1. The second-order valence-corrected chi connectivity index (χ2v) is 6.38. The van der Waals surface area contributed by atoms with Gasteiger partial charge in [0.1, 0.15) is 5.75 Å². The molecule has 1 saturated heterocycles. The molecule has 1 aromatic carbocycles. The van der Waals surface area contributed by atoms with Crippen molar-refractivity contribution in [3.05, 3.63) is 29.8 Å². The number of carbonyl (C=O) groups excluding carboxylic acids is 1. The van der Waals surface area contributed by atoms with Crippen LogP contribution in [0.2, 0.25) is 0 Å². The van der Waals surface area contributed by atoms with Crippen LogP contribution in [0, 0.1) is 0 Å². The highest BCUT2D eigenvalue weighted by Crippen LogP contribution is 2.20. The molecule has 1 amide bonds. The summed E-state index contributed by atoms with van der Waals surface area (Å²) >= 11 is 0. The normalized spacial score (nSPS) is 20.3. The first-order valence-corrected chi connectivity index (χ1v) is 8.38. The first-order valence-electron chi connectivity index (χ1n) is 8.38. The van der Waals surface area contributed by atoms with Crippen LogP contribution in [0.1, 0.15) is 44.8 Å². The third-order valence-electron chi connectivity index (χ3n) is 4.48. The van der Waals surface area contributed by atoms with Crippen molar-refractivity contribution in [2.75, 3.05) is 20.2 Å². The second kappa shape index (κ2) is 8.31. The van der Waals surface area contributed by atoms with Crippen LogP contribution in [0.25, 0.3) is 0 Å². The Morgan fingerprint density at radius 1 is 1.35 bits per heavy atom. The number of nitrogens with one attached hydrogen (secondary N) is 1. The van der Waals surface area contributed by atoms with E-state index in [2.05, 4.69) is 24.1 Å². The Bertz CT molecular complexity index is 501. The predicted molar refractivity (Wildman–Crippen MR) is 90.4 cm³/mol. The molecule has 0 bridgehead atoms. The Balaban J connectivity index is 1.89. The summed E-state index contributed by atoms with van der Waals surface area (Å²) in [5, 5.41) is 13.1. The quantitative estimate of drug-likeness (QED) is 0.843. The van der Waals surface area contributed by atoms with Gasteiger partial charge in [0.25, 0.3) is 0 Å². The molecule has 0 radical (unpaired) electrons. The minimum Gasteiger partial charge on any atom is -0.497 e. The van der Waals surface area contributed by atoms with Gasteiger partial charge < -0.3 is 15.2 Å². The molecule has 23 heavy (non-hydrogen) atoms. The lowest BCUT2D eigenvalue weighted by atomic mass is 9.99. The number of aliphatic hydroxyl groups excluding tert-OH is 1. The van der Waals surface area contributed by atoms with Crippen molar-refractivity contribution in [1.29, 1.82) is 0 Å². The number of amides is 1. The number of hydrogen-bond donors (Lipinski definition) is 2. The molecule has 1 aromatic rings. The number of ether oxygens (including phenoxy) is 1. The molecule has 2 atom stereocenters. The van der Waals surface area contributed by atoms with Gasteiger partial charge in [0.15, 0.2) is 0 Å². The van der Waals surface area contributed by atoms with E-state index in [-0.39, 0.29) is 18.5 Å². The Morgan fingerprint density at radius 2 is 2.04 bits per heavy atom. The molecule has 0 saturated carbocycles. The van der Waals surface area contributed by atoms with E-state index in [9.17, 15) is 9.90 Å². The van der Waals surface area contributed by atoms with Gasteiger partial charge in [-0.05, 0) is 50.9 Å². The Hall–Kier alpha value is -1.59. The van der Waals surface area contributed by atoms with Crippen LogP contribution in [0.4, 0.5) is 0 Å². The zero-order valence-electron chi connectivity index (χ0n) is 14.3. The SMILES string of the molecule is COc1ccc(C(O)CNC(=O)C2CCCCN2C(C)C)cc1. The highest BCUT2D eigenvalue weighted by Gasteiger charge is 2.30. The van der Waals surface area contributed by atoms with Crippen molar-refractivity contribution < 1.29 is 14.6 Å². The van der Waals surface area contributed by atoms with Crippen LogP contribution in [-0.4, -0.2) is 48.2 Å². The van der Waals surface area contributed by atoms with Crippen LogP contribution in [-0.2, 0) is 4.79 Å². The maximum absolute atomic E-state index is 12.5. The lowest BCUT2D eigenvalue weighted by molar-refractivity contribution is -0.129. The molecule has 1 aliphatic heterocycles. The molecular weight excluding hydrogens is 292 g/mol. The number of carbonyl (C=O) groups is 1. The molecule has 2 N–H and O–H groups in total. The number of likely N-dealkylation sites (tertiary alicyclic amines) is 1. The molecule has 0 aliphatic carbocycles. The van der Waals surface area contributed by atoms with Crippen molar-refractivity contribution >= 4 is 5.91 Å². The predicted octanol–water partition coefficient (Wildman–Crippen LogP) is 2.11. The molecule has 0 spiro atoms. The molecule has 5 nitrogen and oxygen atoms in total. The van der Waals surface area contributed by atoms with E-state index < -0.39 is 6.10 Å². The van der Waals surface area contributed by atoms with Crippen LogP contribution in [0.3, 0.4) is 0 Å². The first kappa shape index (κ1) is 17.8. The molecule has 1 heterocycles. The van der Waals surface area contributed by atoms with E-state index in [4.69, 9.17) is 4.74 Å². The smallest absolute Gasteiger partial charge is 0.237 e. The van der Waals surface area contributed by atoms with Crippen LogP contribution >= 0.6 is 0 Å². The number of rotatable bonds is 6. The summed E-state index contributed by atoms with van der Waals surface area (Å²) in [5.74, 6) is 0.769. The minimum atomic E-state index is -0.707. The largest absolute Gasteiger partial charge is 0.497 e. The average molecular weight is 320 g/mol. The van der Waals surface area contributed by atoms with E-state index >= 15 is 0 Å². The number of hydrogen-bond acceptors (Lipinski definition) is 4. The summed E-state index contributed by atoms with van der Waals surface area (Å²) in [4.78, 5) is 14.7. The molecule has 0 aromatic heterocycles. The van der Waals surface area contributed by atoms with Gasteiger partial charge in [0.2, 0.25) is 5.91 Å². The summed E-state index contributed by atoms with van der Waals surface area (Å²) in [5.41, 5.74) is 0.774. The third-order valence-corrected chi connectivity index (χ3v) is 4.48. The lowest BCUT2D eigenvalue weighted by Gasteiger charge is -2.37. The molecule has 128 valence electrons. The Kier molecular flexibility index (Phi) is 6.42. The number of nitrogens with zero attached hydrogens (tertiary/aromatic N) is 1. The molecule has 2 rings (SSSR count). The van der Waals surface area contributed by atoms with Crippen molar-refractivity contribution in [3.8, 4) is 5.75 Å². The van der Waals surface area contributed by atoms with Gasteiger partial charge in [-0.1, -0.05) is 18.6 Å². The topological polar surface area (TPSA) is 61.8 Å². The summed E-state index contributed by atoms with van der Waals surface area (Å²) in [6, 6.07) is 7.53. The van der Waals surface area contributed by atoms with Gasteiger partial charge in [-0.3, -0.25) is 9.69 Å². The number of piperidine rings is 1. The van der Waals surface area contributed by atoms with Crippen LogP contribution in [0.5, 0.6) is 5.75 Å². The van der Waals surface area contributed by atoms with Gasteiger partial charge in [-0.25, -0.2) is 0 Å². The van der Waals surface area contributed by atoms with Crippen molar-refractivity contribution in [1.82, 2.24) is 10.2 Å². The van der Waals surface area contributed by atoms with Crippen molar-refractivity contribution in [2.45, 2.75) is 51.3 Å². The number of aliphatic hydroxyl groups is 1. The maximum atomic E-state index is 12.5.